The third-order valence-corrected chi connectivity index (χ3v) is 6.30. The van der Waals surface area contributed by atoms with Gasteiger partial charge >= 0.3 is 0 Å². The Hall–Kier alpha value is -1.11. The lowest BCUT2D eigenvalue weighted by molar-refractivity contribution is -0.126. The number of benzene rings is 1. The third-order valence-electron chi connectivity index (χ3n) is 3.96. The van der Waals surface area contributed by atoms with Crippen LogP contribution in [-0.2, 0) is 14.8 Å². The summed E-state index contributed by atoms with van der Waals surface area (Å²) in [6.45, 7) is 2.11. The molecule has 0 spiro atoms. The number of halogens is 1. The Bertz CT molecular complexity index is 674. The number of amides is 1. The lowest BCUT2D eigenvalue weighted by atomic mass is 10.2. The molecule has 2 fully saturated rings. The molecule has 1 aromatic rings. The molecular formula is C13H15ClN2O3S. The average Bonchev–Trinajstić information content (AvgIpc) is 2.75. The maximum Gasteiger partial charge on any atom is 0.244 e. The van der Waals surface area contributed by atoms with Crippen LogP contribution in [0, 0.1) is 6.92 Å². The maximum atomic E-state index is 12.9. The van der Waals surface area contributed by atoms with Crippen molar-refractivity contribution in [1.29, 1.82) is 0 Å². The Morgan fingerprint density at radius 3 is 2.85 bits per heavy atom. The van der Waals surface area contributed by atoms with Crippen molar-refractivity contribution in [1.82, 2.24) is 9.62 Å². The molecule has 1 amide bonds. The number of hydrogen-bond acceptors (Lipinski definition) is 3. The van der Waals surface area contributed by atoms with Crippen molar-refractivity contribution < 1.29 is 13.2 Å². The van der Waals surface area contributed by atoms with Crippen LogP contribution in [0.1, 0.15) is 18.4 Å². The molecule has 0 radical (unpaired) electrons. The molecule has 2 aliphatic heterocycles. The largest absolute Gasteiger partial charge is 0.353 e. The van der Waals surface area contributed by atoms with E-state index in [9.17, 15) is 13.2 Å². The number of hydrogen-bond donors (Lipinski definition) is 1. The molecular weight excluding hydrogens is 300 g/mol. The van der Waals surface area contributed by atoms with E-state index >= 15 is 0 Å². The quantitative estimate of drug-likeness (QED) is 0.895. The molecule has 2 atom stereocenters. The lowest BCUT2D eigenvalue weighted by Gasteiger charge is -2.33. The summed E-state index contributed by atoms with van der Waals surface area (Å²) in [6.07, 6.45) is 1.29. The van der Waals surface area contributed by atoms with Gasteiger partial charge in [0.25, 0.3) is 0 Å². The van der Waals surface area contributed by atoms with E-state index in [1.807, 2.05) is 0 Å². The number of aryl methyl sites for hydroxylation is 1. The van der Waals surface area contributed by atoms with Gasteiger partial charge < -0.3 is 5.32 Å². The van der Waals surface area contributed by atoms with Crippen molar-refractivity contribution in [3.8, 4) is 0 Å². The number of nitrogens with one attached hydrogen (secondary N) is 1. The van der Waals surface area contributed by atoms with Gasteiger partial charge in [0.2, 0.25) is 15.9 Å². The van der Waals surface area contributed by atoms with E-state index < -0.39 is 16.1 Å². The lowest BCUT2D eigenvalue weighted by Crippen LogP contribution is -2.57. The highest BCUT2D eigenvalue weighted by atomic mass is 35.5. The Kier molecular flexibility index (Phi) is 3.27. The maximum absolute atomic E-state index is 12.9. The van der Waals surface area contributed by atoms with Crippen LogP contribution < -0.4 is 5.32 Å². The molecule has 2 bridgehead atoms. The van der Waals surface area contributed by atoms with Gasteiger partial charge in [-0.2, -0.15) is 4.31 Å². The van der Waals surface area contributed by atoms with Crippen molar-refractivity contribution in [3.63, 3.8) is 0 Å². The molecule has 0 aromatic heterocycles. The Labute approximate surface area is 123 Å². The number of nitrogens with zero attached hydrogens (tertiary/aromatic N) is 1. The summed E-state index contributed by atoms with van der Waals surface area (Å²) in [4.78, 5) is 12.0. The summed E-state index contributed by atoms with van der Waals surface area (Å²) in [5.74, 6) is -0.206. The predicted octanol–water partition coefficient (Wildman–Crippen LogP) is 1.30. The highest BCUT2D eigenvalue weighted by molar-refractivity contribution is 7.89. The van der Waals surface area contributed by atoms with Gasteiger partial charge in [0.15, 0.2) is 0 Å². The van der Waals surface area contributed by atoms with E-state index in [4.69, 9.17) is 11.6 Å². The van der Waals surface area contributed by atoms with Crippen LogP contribution in [0.15, 0.2) is 23.1 Å². The molecule has 108 valence electrons. The van der Waals surface area contributed by atoms with E-state index in [-0.39, 0.29) is 16.8 Å². The molecule has 2 heterocycles. The minimum Gasteiger partial charge on any atom is -0.353 e. The molecule has 2 aliphatic rings. The van der Waals surface area contributed by atoms with E-state index in [1.54, 1.807) is 19.1 Å². The summed E-state index contributed by atoms with van der Waals surface area (Å²) in [5, 5.41) is 3.13. The smallest absolute Gasteiger partial charge is 0.244 e. The first-order chi connectivity index (χ1) is 9.41. The predicted molar refractivity (Wildman–Crippen MR) is 75.0 cm³/mol. The minimum absolute atomic E-state index is 0.152. The fraction of sp³-hybridized carbons (Fsp3) is 0.462. The number of fused-ring (bicyclic) bond motifs is 2. The molecule has 20 heavy (non-hydrogen) atoms. The second-order valence-corrected chi connectivity index (χ2v) is 7.48. The Morgan fingerprint density at radius 2 is 2.10 bits per heavy atom. The summed E-state index contributed by atoms with van der Waals surface area (Å²) >= 11 is 5.92. The summed E-state index contributed by atoms with van der Waals surface area (Å²) in [6, 6.07) is 4.06. The van der Waals surface area contributed by atoms with Crippen LogP contribution in [0.3, 0.4) is 0 Å². The van der Waals surface area contributed by atoms with Crippen molar-refractivity contribution in [3.05, 3.63) is 28.8 Å². The van der Waals surface area contributed by atoms with Crippen LogP contribution in [0.5, 0.6) is 0 Å². The number of piperazine rings is 1. The van der Waals surface area contributed by atoms with Crippen LogP contribution in [-0.4, -0.2) is 37.3 Å². The van der Waals surface area contributed by atoms with E-state index in [2.05, 4.69) is 5.32 Å². The molecule has 1 N–H and O–H groups in total. The number of sulfonamides is 1. The van der Waals surface area contributed by atoms with Crippen molar-refractivity contribution in [2.75, 3.05) is 6.54 Å². The van der Waals surface area contributed by atoms with Gasteiger partial charge in [0, 0.05) is 17.6 Å². The van der Waals surface area contributed by atoms with Crippen molar-refractivity contribution in [2.45, 2.75) is 36.7 Å². The van der Waals surface area contributed by atoms with Gasteiger partial charge in [-0.15, -0.1) is 0 Å². The molecule has 3 rings (SSSR count). The third kappa shape index (κ3) is 2.03. The van der Waals surface area contributed by atoms with Gasteiger partial charge in [-0.3, -0.25) is 4.79 Å². The van der Waals surface area contributed by atoms with Crippen molar-refractivity contribution >= 4 is 27.5 Å². The van der Waals surface area contributed by atoms with Crippen LogP contribution >= 0.6 is 11.6 Å². The molecule has 0 aliphatic carbocycles. The fourth-order valence-corrected chi connectivity index (χ4v) is 5.29. The summed E-state index contributed by atoms with van der Waals surface area (Å²) in [5.41, 5.74) is 0.639. The molecule has 2 saturated heterocycles. The molecule has 1 aromatic carbocycles. The first kappa shape index (κ1) is 13.9. The summed E-state index contributed by atoms with van der Waals surface area (Å²) < 4.78 is 27.1. The second kappa shape index (κ2) is 4.72. The van der Waals surface area contributed by atoms with Gasteiger partial charge in [0.1, 0.15) is 6.04 Å². The number of rotatable bonds is 2. The van der Waals surface area contributed by atoms with Crippen LogP contribution in [0.25, 0.3) is 0 Å². The van der Waals surface area contributed by atoms with E-state index in [0.717, 1.165) is 0 Å². The molecule has 2 unspecified atom stereocenters. The topological polar surface area (TPSA) is 66.5 Å². The monoisotopic (exact) mass is 314 g/mol. The molecule has 5 nitrogen and oxygen atoms in total. The standard InChI is InChI=1S/C13H15ClN2O3S/c1-8-2-3-9(14)6-12(8)20(18,19)16-10-4-5-11(16)13(17)15-7-10/h2-3,6,10-11H,4-5,7H2,1H3,(H,15,17). The highest BCUT2D eigenvalue weighted by Gasteiger charge is 2.48. The van der Waals surface area contributed by atoms with Gasteiger partial charge in [0.05, 0.1) is 4.90 Å². The molecule has 7 heteroatoms. The second-order valence-electron chi connectivity index (χ2n) is 5.24. The van der Waals surface area contributed by atoms with Crippen LogP contribution in [0.4, 0.5) is 0 Å². The van der Waals surface area contributed by atoms with Crippen LogP contribution in [0.2, 0.25) is 5.02 Å². The SMILES string of the molecule is Cc1ccc(Cl)cc1S(=O)(=O)N1C2CCC1C(=O)NC2. The van der Waals surface area contributed by atoms with Crippen molar-refractivity contribution in [2.24, 2.45) is 0 Å². The number of carbonyl (C=O) groups excluding carboxylic acids is 1. The fourth-order valence-electron chi connectivity index (χ4n) is 2.96. The zero-order chi connectivity index (χ0) is 14.5. The van der Waals surface area contributed by atoms with Gasteiger partial charge in [-0.1, -0.05) is 17.7 Å². The number of carbonyl (C=O) groups is 1. The van der Waals surface area contributed by atoms with Gasteiger partial charge in [-0.25, -0.2) is 8.42 Å². The normalized spacial score (nSPS) is 26.6. The Balaban J connectivity index is 2.08. The zero-order valence-electron chi connectivity index (χ0n) is 11.0. The Morgan fingerprint density at radius 1 is 1.35 bits per heavy atom. The van der Waals surface area contributed by atoms with E-state index in [0.29, 0.717) is 30.0 Å². The highest BCUT2D eigenvalue weighted by Crippen LogP contribution is 2.34. The first-order valence-corrected chi connectivity index (χ1v) is 8.30. The van der Waals surface area contributed by atoms with Gasteiger partial charge in [-0.05, 0) is 37.5 Å². The molecule has 0 saturated carbocycles. The average molecular weight is 315 g/mol. The zero-order valence-corrected chi connectivity index (χ0v) is 12.5. The van der Waals surface area contributed by atoms with E-state index in [1.165, 1.54) is 10.4 Å². The first-order valence-electron chi connectivity index (χ1n) is 6.48. The minimum atomic E-state index is -3.70. The summed E-state index contributed by atoms with van der Waals surface area (Å²) in [7, 11) is -3.70.